The molecule has 3 rings (SSSR count). The van der Waals surface area contributed by atoms with E-state index in [1.165, 1.54) is 47.6 Å². The Balaban J connectivity index is 1.55. The minimum absolute atomic E-state index is 0.199. The van der Waals surface area contributed by atoms with Crippen molar-refractivity contribution in [1.29, 1.82) is 0 Å². The Labute approximate surface area is 130 Å². The molecule has 20 heavy (non-hydrogen) atoms. The van der Waals surface area contributed by atoms with E-state index in [2.05, 4.69) is 35.4 Å². The zero-order chi connectivity index (χ0) is 13.8. The van der Waals surface area contributed by atoms with Crippen LogP contribution in [0.2, 0.25) is 0 Å². The zero-order valence-electron chi connectivity index (χ0n) is 12.3. The van der Waals surface area contributed by atoms with Gasteiger partial charge in [-0.15, -0.1) is 11.3 Å². The summed E-state index contributed by atoms with van der Waals surface area (Å²) >= 11 is 3.97. The lowest BCUT2D eigenvalue weighted by molar-refractivity contribution is -0.0933. The molecule has 1 N–H and O–H groups in total. The molecule has 112 valence electrons. The first-order valence-electron chi connectivity index (χ1n) is 7.82. The third kappa shape index (κ3) is 3.41. The van der Waals surface area contributed by atoms with Crippen molar-refractivity contribution >= 4 is 23.1 Å². The van der Waals surface area contributed by atoms with Crippen molar-refractivity contribution in [2.24, 2.45) is 0 Å². The molecule has 1 aromatic heterocycles. The lowest BCUT2D eigenvalue weighted by Gasteiger charge is -2.43. The second-order valence-corrected chi connectivity index (χ2v) is 8.16. The summed E-state index contributed by atoms with van der Waals surface area (Å²) in [6.45, 7) is 4.22. The van der Waals surface area contributed by atoms with E-state index in [1.807, 2.05) is 11.3 Å². The normalized spacial score (nSPS) is 25.9. The summed E-state index contributed by atoms with van der Waals surface area (Å²) in [6.07, 6.45) is 6.02. The molecule has 0 amide bonds. The van der Waals surface area contributed by atoms with Crippen LogP contribution >= 0.6 is 23.1 Å². The van der Waals surface area contributed by atoms with Gasteiger partial charge in [0.2, 0.25) is 0 Å². The third-order valence-electron chi connectivity index (χ3n) is 4.67. The van der Waals surface area contributed by atoms with Crippen LogP contribution in [0.4, 0.5) is 0 Å². The third-order valence-corrected chi connectivity index (χ3v) is 6.62. The van der Waals surface area contributed by atoms with E-state index < -0.39 is 0 Å². The van der Waals surface area contributed by atoms with Crippen LogP contribution in [0.3, 0.4) is 0 Å². The average molecular weight is 312 g/mol. The molecule has 2 aliphatic heterocycles. The predicted octanol–water partition coefficient (Wildman–Crippen LogP) is 3.84. The van der Waals surface area contributed by atoms with Crippen LogP contribution in [-0.4, -0.2) is 29.8 Å². The highest BCUT2D eigenvalue weighted by atomic mass is 32.2. The molecule has 0 aromatic carbocycles. The maximum absolute atomic E-state index is 6.17. The van der Waals surface area contributed by atoms with Gasteiger partial charge in [0, 0.05) is 24.1 Å². The second-order valence-electron chi connectivity index (χ2n) is 5.94. The number of ether oxygens (including phenoxy) is 1. The summed E-state index contributed by atoms with van der Waals surface area (Å²) in [5.74, 6) is 2.55. The van der Waals surface area contributed by atoms with Gasteiger partial charge in [-0.3, -0.25) is 0 Å². The minimum atomic E-state index is 0.199. The topological polar surface area (TPSA) is 21.3 Å². The van der Waals surface area contributed by atoms with E-state index in [0.29, 0.717) is 6.04 Å². The van der Waals surface area contributed by atoms with E-state index in [1.54, 1.807) is 0 Å². The fraction of sp³-hybridized carbons (Fsp3) is 0.750. The quantitative estimate of drug-likeness (QED) is 0.913. The summed E-state index contributed by atoms with van der Waals surface area (Å²) in [7, 11) is 0. The fourth-order valence-electron chi connectivity index (χ4n) is 3.37. The molecule has 2 nitrogen and oxygen atoms in total. The molecule has 1 aromatic rings. The van der Waals surface area contributed by atoms with Gasteiger partial charge in [0.05, 0.1) is 5.60 Å². The Kier molecular flexibility index (Phi) is 5.08. The van der Waals surface area contributed by atoms with Crippen LogP contribution < -0.4 is 5.32 Å². The number of hydrogen-bond acceptors (Lipinski definition) is 4. The largest absolute Gasteiger partial charge is 0.375 e. The molecular formula is C16H25NOS2. The smallest absolute Gasteiger partial charge is 0.0713 e. The van der Waals surface area contributed by atoms with Gasteiger partial charge in [-0.1, -0.05) is 6.92 Å². The average Bonchev–Trinajstić information content (AvgIpc) is 2.93. The molecule has 0 saturated carbocycles. The highest BCUT2D eigenvalue weighted by Crippen LogP contribution is 2.37. The van der Waals surface area contributed by atoms with Crippen LogP contribution in [0.5, 0.6) is 0 Å². The van der Waals surface area contributed by atoms with Gasteiger partial charge in [-0.05, 0) is 60.6 Å². The lowest BCUT2D eigenvalue weighted by atomic mass is 9.85. The monoisotopic (exact) mass is 311 g/mol. The van der Waals surface area contributed by atoms with Gasteiger partial charge < -0.3 is 10.1 Å². The van der Waals surface area contributed by atoms with E-state index in [-0.39, 0.29) is 5.60 Å². The lowest BCUT2D eigenvalue weighted by Crippen LogP contribution is -2.48. The minimum Gasteiger partial charge on any atom is -0.375 e. The summed E-state index contributed by atoms with van der Waals surface area (Å²) in [4.78, 5) is 1.52. The molecule has 0 radical (unpaired) electrons. The first-order valence-corrected chi connectivity index (χ1v) is 9.85. The van der Waals surface area contributed by atoms with Crippen LogP contribution in [0.1, 0.15) is 43.0 Å². The van der Waals surface area contributed by atoms with Crippen LogP contribution in [0.25, 0.3) is 0 Å². The summed E-state index contributed by atoms with van der Waals surface area (Å²) in [6, 6.07) is 2.91. The van der Waals surface area contributed by atoms with Crippen molar-refractivity contribution in [3.05, 3.63) is 21.9 Å². The molecule has 3 heterocycles. The standard InChI is InChI=1S/C16H25NOS2/c1-2-13-4-8-20-15(13)12-17-14-3-7-18-16(11-14)5-9-19-10-6-16/h4,8,14,17H,2-3,5-7,9-12H2,1H3. The molecule has 2 saturated heterocycles. The van der Waals surface area contributed by atoms with Crippen molar-refractivity contribution in [2.45, 2.75) is 57.2 Å². The molecule has 1 atom stereocenters. The molecule has 2 aliphatic rings. The Morgan fingerprint density at radius 2 is 2.25 bits per heavy atom. The first-order chi connectivity index (χ1) is 9.81. The Bertz CT molecular complexity index is 420. The maximum atomic E-state index is 6.17. The van der Waals surface area contributed by atoms with Crippen molar-refractivity contribution < 1.29 is 4.74 Å². The second kappa shape index (κ2) is 6.82. The van der Waals surface area contributed by atoms with Gasteiger partial charge in [0.1, 0.15) is 0 Å². The molecular weight excluding hydrogens is 286 g/mol. The van der Waals surface area contributed by atoms with Gasteiger partial charge in [-0.25, -0.2) is 0 Å². The number of rotatable bonds is 4. The van der Waals surface area contributed by atoms with Gasteiger partial charge in [-0.2, -0.15) is 11.8 Å². The van der Waals surface area contributed by atoms with E-state index in [4.69, 9.17) is 4.74 Å². The van der Waals surface area contributed by atoms with Crippen molar-refractivity contribution in [3.63, 3.8) is 0 Å². The van der Waals surface area contributed by atoms with E-state index >= 15 is 0 Å². The number of thioether (sulfide) groups is 1. The highest BCUT2D eigenvalue weighted by molar-refractivity contribution is 7.99. The number of thiophene rings is 1. The van der Waals surface area contributed by atoms with Crippen LogP contribution in [0, 0.1) is 0 Å². The fourth-order valence-corrected chi connectivity index (χ4v) is 5.53. The van der Waals surface area contributed by atoms with E-state index in [0.717, 1.165) is 19.6 Å². The van der Waals surface area contributed by atoms with Crippen molar-refractivity contribution in [2.75, 3.05) is 18.1 Å². The number of nitrogens with one attached hydrogen (secondary N) is 1. The Morgan fingerprint density at radius 3 is 3.05 bits per heavy atom. The van der Waals surface area contributed by atoms with Crippen molar-refractivity contribution in [3.8, 4) is 0 Å². The first kappa shape index (κ1) is 14.9. The van der Waals surface area contributed by atoms with E-state index in [9.17, 15) is 0 Å². The molecule has 2 fully saturated rings. The molecule has 4 heteroatoms. The van der Waals surface area contributed by atoms with Gasteiger partial charge >= 0.3 is 0 Å². The van der Waals surface area contributed by atoms with Gasteiger partial charge in [0.15, 0.2) is 0 Å². The van der Waals surface area contributed by atoms with Crippen LogP contribution in [-0.2, 0) is 17.7 Å². The molecule has 1 spiro atoms. The summed E-state index contributed by atoms with van der Waals surface area (Å²) in [5, 5.41) is 6.02. The predicted molar refractivity (Wildman–Crippen MR) is 88.8 cm³/mol. The van der Waals surface area contributed by atoms with Gasteiger partial charge in [0.25, 0.3) is 0 Å². The molecule has 0 bridgehead atoms. The number of aryl methyl sites for hydroxylation is 1. The van der Waals surface area contributed by atoms with Crippen LogP contribution in [0.15, 0.2) is 11.4 Å². The summed E-state index contributed by atoms with van der Waals surface area (Å²) in [5.41, 5.74) is 1.71. The maximum Gasteiger partial charge on any atom is 0.0713 e. The van der Waals surface area contributed by atoms with Crippen molar-refractivity contribution in [1.82, 2.24) is 5.32 Å². The zero-order valence-corrected chi connectivity index (χ0v) is 14.0. The Hall–Kier alpha value is -0.0300. The molecule has 0 aliphatic carbocycles. The SMILES string of the molecule is CCc1ccsc1CNC1CCOC2(CCSCC2)C1. The Morgan fingerprint density at radius 1 is 1.40 bits per heavy atom. The highest BCUT2D eigenvalue weighted by Gasteiger charge is 2.38. The molecule has 1 unspecified atom stereocenters. The number of hydrogen-bond donors (Lipinski definition) is 1. The summed E-state index contributed by atoms with van der Waals surface area (Å²) < 4.78 is 6.17.